The zero-order valence-corrected chi connectivity index (χ0v) is 12.5. The molecule has 0 spiro atoms. The smallest absolute Gasteiger partial charge is 0.238 e. The van der Waals surface area contributed by atoms with Gasteiger partial charge in [0.15, 0.2) is 0 Å². The van der Waals surface area contributed by atoms with Crippen molar-refractivity contribution in [3.63, 3.8) is 0 Å². The maximum absolute atomic E-state index is 8.75. The van der Waals surface area contributed by atoms with Gasteiger partial charge >= 0.3 is 0 Å². The van der Waals surface area contributed by atoms with E-state index in [2.05, 4.69) is 44.2 Å². The highest BCUT2D eigenvalue weighted by atomic mass is 79.9. The lowest BCUT2D eigenvalue weighted by Crippen LogP contribution is -2.04. The molecule has 0 unspecified atom stereocenters. The average molecular weight is 333 g/mol. The summed E-state index contributed by atoms with van der Waals surface area (Å²) >= 11 is 3.43. The van der Waals surface area contributed by atoms with Crippen LogP contribution in [0.25, 0.3) is 0 Å². The molecule has 1 N–H and O–H groups in total. The molecule has 0 fully saturated rings. The third-order valence-electron chi connectivity index (χ3n) is 2.50. The quantitative estimate of drug-likeness (QED) is 0.903. The van der Waals surface area contributed by atoms with Crippen LogP contribution in [0.4, 0.5) is 5.82 Å². The Morgan fingerprint density at radius 3 is 2.70 bits per heavy atom. The third kappa shape index (κ3) is 3.45. The van der Waals surface area contributed by atoms with Crippen molar-refractivity contribution in [1.29, 1.82) is 5.26 Å². The molecule has 0 radical (unpaired) electrons. The summed E-state index contributed by atoms with van der Waals surface area (Å²) in [4.78, 5) is 8.25. The number of nitrogens with one attached hydrogen (secondary N) is 1. The molecule has 0 atom stereocenters. The Morgan fingerprint density at radius 2 is 2.05 bits per heavy atom. The van der Waals surface area contributed by atoms with Gasteiger partial charge in [-0.15, -0.1) is 0 Å². The van der Waals surface area contributed by atoms with Gasteiger partial charge in [-0.3, -0.25) is 0 Å². The molecule has 0 amide bonds. The van der Waals surface area contributed by atoms with Gasteiger partial charge in [0.1, 0.15) is 22.4 Å². The van der Waals surface area contributed by atoms with E-state index in [1.165, 1.54) is 6.33 Å². The van der Waals surface area contributed by atoms with Gasteiger partial charge in [-0.1, -0.05) is 6.92 Å². The van der Waals surface area contributed by atoms with Crippen molar-refractivity contribution in [2.45, 2.75) is 13.3 Å². The van der Waals surface area contributed by atoms with E-state index in [1.807, 2.05) is 0 Å². The minimum absolute atomic E-state index is 0.434. The van der Waals surface area contributed by atoms with Gasteiger partial charge in [0.25, 0.3) is 0 Å². The molecule has 1 aromatic carbocycles. The lowest BCUT2D eigenvalue weighted by Gasteiger charge is -2.10. The van der Waals surface area contributed by atoms with E-state index in [9.17, 15) is 0 Å². The van der Waals surface area contributed by atoms with Crippen molar-refractivity contribution < 1.29 is 4.74 Å². The van der Waals surface area contributed by atoms with E-state index in [4.69, 9.17) is 10.00 Å². The van der Waals surface area contributed by atoms with Crippen molar-refractivity contribution in [2.75, 3.05) is 11.9 Å². The number of nitriles is 1. The van der Waals surface area contributed by atoms with Gasteiger partial charge in [-0.25, -0.2) is 9.97 Å². The summed E-state index contributed by atoms with van der Waals surface area (Å²) in [6.45, 7) is 2.90. The molecule has 5 nitrogen and oxygen atoms in total. The highest BCUT2D eigenvalue weighted by molar-refractivity contribution is 9.10. The maximum atomic E-state index is 8.75. The first-order chi connectivity index (χ1) is 9.74. The Balaban J connectivity index is 2.18. The first kappa shape index (κ1) is 14.3. The second-order valence-corrected chi connectivity index (χ2v) is 4.80. The number of aromatic nitrogens is 2. The number of ether oxygens (including phenoxy) is 1. The zero-order valence-electron chi connectivity index (χ0n) is 10.9. The molecule has 0 aliphatic carbocycles. The molecule has 6 heteroatoms. The molecule has 0 saturated heterocycles. The van der Waals surface area contributed by atoms with Crippen molar-refractivity contribution in [3.8, 4) is 17.7 Å². The van der Waals surface area contributed by atoms with Crippen LogP contribution >= 0.6 is 15.9 Å². The summed E-state index contributed by atoms with van der Waals surface area (Å²) in [6.07, 6.45) is 2.45. The SMILES string of the molecule is CCCNc1ncnc(Oc2ccc(C#N)cc2)c1Br. The monoisotopic (exact) mass is 332 g/mol. The number of halogens is 1. The standard InChI is InChI=1S/C14H13BrN4O/c1-2-7-17-13-12(15)14(19-9-18-13)20-11-5-3-10(8-16)4-6-11/h3-6,9H,2,7H2,1H3,(H,17,18,19). The van der Waals surface area contributed by atoms with Gasteiger partial charge in [0, 0.05) is 6.54 Å². The molecule has 20 heavy (non-hydrogen) atoms. The summed E-state index contributed by atoms with van der Waals surface area (Å²) in [6, 6.07) is 8.91. The van der Waals surface area contributed by atoms with E-state index in [0.29, 0.717) is 27.5 Å². The molecule has 0 aliphatic heterocycles. The number of anilines is 1. The minimum atomic E-state index is 0.434. The number of benzene rings is 1. The van der Waals surface area contributed by atoms with E-state index >= 15 is 0 Å². The van der Waals surface area contributed by atoms with Crippen LogP contribution in [-0.4, -0.2) is 16.5 Å². The minimum Gasteiger partial charge on any atom is -0.438 e. The van der Waals surface area contributed by atoms with Gasteiger partial charge in [0.2, 0.25) is 5.88 Å². The molecule has 102 valence electrons. The predicted molar refractivity (Wildman–Crippen MR) is 79.7 cm³/mol. The summed E-state index contributed by atoms with van der Waals surface area (Å²) < 4.78 is 6.36. The molecule has 1 heterocycles. The first-order valence-corrected chi connectivity index (χ1v) is 6.96. The Bertz CT molecular complexity index is 622. The van der Waals surface area contributed by atoms with Gasteiger partial charge < -0.3 is 10.1 Å². The Hall–Kier alpha value is -2.13. The lowest BCUT2D eigenvalue weighted by atomic mass is 10.2. The van der Waals surface area contributed by atoms with Crippen LogP contribution in [0.2, 0.25) is 0 Å². The average Bonchev–Trinajstić information content (AvgIpc) is 2.49. The van der Waals surface area contributed by atoms with Crippen molar-refractivity contribution >= 4 is 21.7 Å². The molecule has 0 aliphatic rings. The van der Waals surface area contributed by atoms with Crippen LogP contribution in [0, 0.1) is 11.3 Å². The molecule has 0 saturated carbocycles. The van der Waals surface area contributed by atoms with Gasteiger partial charge in [0.05, 0.1) is 11.6 Å². The molecular weight excluding hydrogens is 320 g/mol. The Labute approximate surface area is 125 Å². The molecule has 2 rings (SSSR count). The summed E-state index contributed by atoms with van der Waals surface area (Å²) in [7, 11) is 0. The summed E-state index contributed by atoms with van der Waals surface area (Å²) in [5.41, 5.74) is 0.587. The predicted octanol–water partition coefficient (Wildman–Crippen LogP) is 3.72. The molecule has 1 aromatic heterocycles. The second kappa shape index (κ2) is 6.87. The fourth-order valence-electron chi connectivity index (χ4n) is 1.50. The number of nitrogens with zero attached hydrogens (tertiary/aromatic N) is 3. The van der Waals surface area contributed by atoms with Gasteiger partial charge in [-0.05, 0) is 46.6 Å². The zero-order chi connectivity index (χ0) is 14.4. The molecular formula is C14H13BrN4O. The van der Waals surface area contributed by atoms with E-state index in [1.54, 1.807) is 24.3 Å². The summed E-state index contributed by atoms with van der Waals surface area (Å²) in [5, 5.41) is 11.9. The highest BCUT2D eigenvalue weighted by Gasteiger charge is 2.10. The highest BCUT2D eigenvalue weighted by Crippen LogP contribution is 2.31. The maximum Gasteiger partial charge on any atom is 0.238 e. The van der Waals surface area contributed by atoms with Crippen LogP contribution < -0.4 is 10.1 Å². The van der Waals surface area contributed by atoms with E-state index in [0.717, 1.165) is 13.0 Å². The van der Waals surface area contributed by atoms with E-state index < -0.39 is 0 Å². The molecule has 2 aromatic rings. The van der Waals surface area contributed by atoms with Crippen molar-refractivity contribution in [2.24, 2.45) is 0 Å². The topological polar surface area (TPSA) is 70.8 Å². The first-order valence-electron chi connectivity index (χ1n) is 6.17. The Morgan fingerprint density at radius 1 is 1.30 bits per heavy atom. The Kier molecular flexibility index (Phi) is 4.91. The van der Waals surface area contributed by atoms with Gasteiger partial charge in [-0.2, -0.15) is 5.26 Å². The van der Waals surface area contributed by atoms with E-state index in [-0.39, 0.29) is 0 Å². The van der Waals surface area contributed by atoms with Crippen LogP contribution in [0.15, 0.2) is 35.1 Å². The summed E-state index contributed by atoms with van der Waals surface area (Å²) in [5.74, 6) is 1.75. The van der Waals surface area contributed by atoms with Crippen molar-refractivity contribution in [3.05, 3.63) is 40.6 Å². The third-order valence-corrected chi connectivity index (χ3v) is 3.21. The number of hydrogen-bond donors (Lipinski definition) is 1. The van der Waals surface area contributed by atoms with Crippen LogP contribution in [0.3, 0.4) is 0 Å². The number of rotatable bonds is 5. The lowest BCUT2D eigenvalue weighted by molar-refractivity contribution is 0.458. The van der Waals surface area contributed by atoms with Crippen LogP contribution in [-0.2, 0) is 0 Å². The fourth-order valence-corrected chi connectivity index (χ4v) is 1.93. The van der Waals surface area contributed by atoms with Crippen molar-refractivity contribution in [1.82, 2.24) is 9.97 Å². The second-order valence-electron chi connectivity index (χ2n) is 4.01. The number of hydrogen-bond acceptors (Lipinski definition) is 5. The largest absolute Gasteiger partial charge is 0.438 e. The van der Waals surface area contributed by atoms with Crippen LogP contribution in [0.1, 0.15) is 18.9 Å². The van der Waals surface area contributed by atoms with Crippen LogP contribution in [0.5, 0.6) is 11.6 Å². The normalized spacial score (nSPS) is 9.85. The fraction of sp³-hybridized carbons (Fsp3) is 0.214. The molecule has 0 bridgehead atoms.